The van der Waals surface area contributed by atoms with Crippen LogP contribution in [0.5, 0.6) is 0 Å². The zero-order valence-electron chi connectivity index (χ0n) is 13.5. The Morgan fingerprint density at radius 1 is 1.32 bits per heavy atom. The van der Waals surface area contributed by atoms with Crippen LogP contribution in [0.4, 0.5) is 0 Å². The van der Waals surface area contributed by atoms with Crippen LogP contribution >= 0.6 is 35.0 Å². The van der Waals surface area contributed by atoms with E-state index < -0.39 is 6.23 Å². The number of nitrogens with zero attached hydrogens (tertiary/aromatic N) is 3. The van der Waals surface area contributed by atoms with Gasteiger partial charge in [-0.25, -0.2) is 9.97 Å². The van der Waals surface area contributed by atoms with E-state index in [0.29, 0.717) is 38.6 Å². The second-order valence-corrected chi connectivity index (χ2v) is 6.93. The maximum atomic E-state index is 12.7. The molecular weight excluding hydrogens is 385 g/mol. The van der Waals surface area contributed by atoms with Gasteiger partial charge >= 0.3 is 0 Å². The molecule has 2 aromatic rings. The van der Waals surface area contributed by atoms with Crippen molar-refractivity contribution in [2.75, 3.05) is 26.5 Å². The molecule has 0 saturated heterocycles. The van der Waals surface area contributed by atoms with Crippen molar-refractivity contribution in [3.63, 3.8) is 0 Å². The normalized spacial score (nSPS) is 16.4. The Kier molecular flexibility index (Phi) is 5.50. The van der Waals surface area contributed by atoms with E-state index >= 15 is 0 Å². The van der Waals surface area contributed by atoms with Gasteiger partial charge in [0.2, 0.25) is 0 Å². The molecule has 1 aliphatic heterocycles. The average Bonchev–Trinajstić information content (AvgIpc) is 2.83. The van der Waals surface area contributed by atoms with E-state index in [4.69, 9.17) is 27.9 Å². The quantitative estimate of drug-likeness (QED) is 0.614. The molecule has 0 spiro atoms. The minimum Gasteiger partial charge on any atom is -0.383 e. The van der Waals surface area contributed by atoms with Gasteiger partial charge in [-0.2, -0.15) is 0 Å². The van der Waals surface area contributed by atoms with Gasteiger partial charge in [0.05, 0.1) is 22.9 Å². The summed E-state index contributed by atoms with van der Waals surface area (Å²) in [4.78, 5) is 22.7. The summed E-state index contributed by atoms with van der Waals surface area (Å²) in [5.41, 5.74) is 1.55. The van der Waals surface area contributed by atoms with Gasteiger partial charge in [-0.3, -0.25) is 4.79 Å². The first-order valence-corrected chi connectivity index (χ1v) is 9.35. The van der Waals surface area contributed by atoms with Crippen LogP contribution in [-0.2, 0) is 4.74 Å². The third-order valence-corrected chi connectivity index (χ3v) is 4.94. The van der Waals surface area contributed by atoms with Crippen LogP contribution in [0, 0.1) is 0 Å². The van der Waals surface area contributed by atoms with E-state index in [1.165, 1.54) is 23.8 Å². The van der Waals surface area contributed by atoms with E-state index in [1.54, 1.807) is 18.2 Å². The van der Waals surface area contributed by atoms with E-state index in [9.17, 15) is 9.90 Å². The molecule has 0 fully saturated rings. The number of aromatic nitrogens is 2. The number of carbonyl (C=O) groups is 1. The molecule has 0 aliphatic carbocycles. The molecule has 3 rings (SSSR count). The van der Waals surface area contributed by atoms with Gasteiger partial charge in [-0.15, -0.1) is 0 Å². The number of benzene rings is 1. The SMILES string of the molecule is COCCN1C(=O)c2nc(SC)nc(-c3ccc(Cl)cc3Cl)c2C1O. The zero-order valence-corrected chi connectivity index (χ0v) is 15.8. The van der Waals surface area contributed by atoms with Gasteiger partial charge in [0.1, 0.15) is 5.69 Å². The third-order valence-electron chi connectivity index (χ3n) is 3.85. The predicted molar refractivity (Wildman–Crippen MR) is 97.1 cm³/mol. The fourth-order valence-corrected chi connectivity index (χ4v) is 3.51. The van der Waals surface area contributed by atoms with Gasteiger partial charge in [-0.1, -0.05) is 35.0 Å². The molecule has 1 atom stereocenters. The zero-order chi connectivity index (χ0) is 18.1. The maximum Gasteiger partial charge on any atom is 0.275 e. The van der Waals surface area contributed by atoms with Crippen LogP contribution < -0.4 is 0 Å². The van der Waals surface area contributed by atoms with E-state index in [1.807, 2.05) is 6.26 Å². The van der Waals surface area contributed by atoms with Crippen LogP contribution in [0.2, 0.25) is 10.0 Å². The molecule has 0 radical (unpaired) electrons. The highest BCUT2D eigenvalue weighted by atomic mass is 35.5. The molecule has 132 valence electrons. The molecule has 1 aromatic heterocycles. The van der Waals surface area contributed by atoms with E-state index in [-0.39, 0.29) is 18.1 Å². The van der Waals surface area contributed by atoms with Gasteiger partial charge in [0, 0.05) is 24.2 Å². The summed E-state index contributed by atoms with van der Waals surface area (Å²) in [6.07, 6.45) is 0.656. The molecule has 9 heteroatoms. The largest absolute Gasteiger partial charge is 0.383 e. The number of hydrogen-bond donors (Lipinski definition) is 1. The molecule has 0 bridgehead atoms. The molecule has 1 N–H and O–H groups in total. The summed E-state index contributed by atoms with van der Waals surface area (Å²) in [6.45, 7) is 0.548. The number of thioether (sulfide) groups is 1. The number of fused-ring (bicyclic) bond motifs is 1. The first-order valence-electron chi connectivity index (χ1n) is 7.37. The number of aliphatic hydroxyl groups excluding tert-OH is 1. The van der Waals surface area contributed by atoms with Crippen LogP contribution in [0.3, 0.4) is 0 Å². The van der Waals surface area contributed by atoms with Crippen LogP contribution in [0.25, 0.3) is 11.3 Å². The van der Waals surface area contributed by atoms with Crippen molar-refractivity contribution >= 4 is 40.9 Å². The summed E-state index contributed by atoms with van der Waals surface area (Å²) < 4.78 is 5.01. The van der Waals surface area contributed by atoms with E-state index in [0.717, 1.165) is 0 Å². The van der Waals surface area contributed by atoms with Gasteiger partial charge < -0.3 is 14.7 Å². The number of carbonyl (C=O) groups excluding carboxylic acids is 1. The molecule has 25 heavy (non-hydrogen) atoms. The Hall–Kier alpha value is -1.38. The number of rotatable bonds is 5. The monoisotopic (exact) mass is 399 g/mol. The lowest BCUT2D eigenvalue weighted by molar-refractivity contribution is 0.00739. The highest BCUT2D eigenvalue weighted by Gasteiger charge is 2.40. The maximum absolute atomic E-state index is 12.7. The molecule has 2 heterocycles. The summed E-state index contributed by atoms with van der Waals surface area (Å²) in [5.74, 6) is -0.358. The second kappa shape index (κ2) is 7.47. The highest BCUT2D eigenvalue weighted by molar-refractivity contribution is 7.98. The predicted octanol–water partition coefficient (Wildman–Crippen LogP) is 3.27. The minimum absolute atomic E-state index is 0.184. The lowest BCUT2D eigenvalue weighted by Crippen LogP contribution is -2.31. The van der Waals surface area contributed by atoms with Crippen molar-refractivity contribution in [1.29, 1.82) is 0 Å². The third kappa shape index (κ3) is 3.35. The fraction of sp³-hybridized carbons (Fsp3) is 0.312. The lowest BCUT2D eigenvalue weighted by atomic mass is 10.0. The number of ether oxygens (including phenoxy) is 1. The summed E-state index contributed by atoms with van der Waals surface area (Å²) >= 11 is 13.6. The van der Waals surface area contributed by atoms with Crippen molar-refractivity contribution in [3.8, 4) is 11.3 Å². The summed E-state index contributed by atoms with van der Waals surface area (Å²) in [6, 6.07) is 4.99. The number of amides is 1. The van der Waals surface area contributed by atoms with Crippen molar-refractivity contribution < 1.29 is 14.6 Å². The standard InChI is InChI=1S/C16H15Cl2N3O3S/c1-24-6-5-21-14(22)11-12(9-4-3-8(17)7-10(9)18)19-16(25-2)20-13(11)15(21)23/h3-4,7,14,22H,5-6H2,1-2H3. The highest BCUT2D eigenvalue weighted by Crippen LogP contribution is 2.40. The topological polar surface area (TPSA) is 75.5 Å². The molecule has 1 aromatic carbocycles. The number of hydrogen-bond acceptors (Lipinski definition) is 6. The smallest absolute Gasteiger partial charge is 0.275 e. The van der Waals surface area contributed by atoms with Gasteiger partial charge in [-0.05, 0) is 24.5 Å². The van der Waals surface area contributed by atoms with Crippen LogP contribution in [-0.4, -0.2) is 52.4 Å². The Labute approximate surface area is 159 Å². The fourth-order valence-electron chi connectivity index (χ4n) is 2.65. The number of methoxy groups -OCH3 is 1. The number of halogens is 2. The van der Waals surface area contributed by atoms with Crippen molar-refractivity contribution in [2.45, 2.75) is 11.4 Å². The minimum atomic E-state index is -1.16. The molecule has 1 aliphatic rings. The molecule has 0 saturated carbocycles. The first-order chi connectivity index (χ1) is 12.0. The Morgan fingerprint density at radius 3 is 2.68 bits per heavy atom. The first kappa shape index (κ1) is 18.4. The Bertz CT molecular complexity index is 835. The Morgan fingerprint density at radius 2 is 2.04 bits per heavy atom. The summed E-state index contributed by atoms with van der Waals surface area (Å²) in [5, 5.41) is 12.0. The lowest BCUT2D eigenvalue weighted by Gasteiger charge is -2.20. The van der Waals surface area contributed by atoms with Crippen molar-refractivity contribution in [3.05, 3.63) is 39.5 Å². The second-order valence-electron chi connectivity index (χ2n) is 5.31. The van der Waals surface area contributed by atoms with Crippen molar-refractivity contribution in [1.82, 2.24) is 14.9 Å². The Balaban J connectivity index is 2.17. The van der Waals surface area contributed by atoms with Crippen LogP contribution in [0.1, 0.15) is 22.3 Å². The molecule has 6 nitrogen and oxygen atoms in total. The summed E-state index contributed by atoms with van der Waals surface area (Å²) in [7, 11) is 1.53. The van der Waals surface area contributed by atoms with E-state index in [2.05, 4.69) is 9.97 Å². The molecular formula is C16H15Cl2N3O3S. The van der Waals surface area contributed by atoms with Crippen LogP contribution in [0.15, 0.2) is 23.4 Å². The molecule has 1 amide bonds. The van der Waals surface area contributed by atoms with Crippen molar-refractivity contribution in [2.24, 2.45) is 0 Å². The number of aliphatic hydroxyl groups is 1. The average molecular weight is 400 g/mol. The van der Waals surface area contributed by atoms with Gasteiger partial charge in [0.15, 0.2) is 11.4 Å². The van der Waals surface area contributed by atoms with Gasteiger partial charge in [0.25, 0.3) is 5.91 Å². The molecule has 1 unspecified atom stereocenters.